The lowest BCUT2D eigenvalue weighted by atomic mass is 10.1. The molecular formula is C11H7BrN2O2S2. The number of carbonyl (C=O) groups excluding carboxylic acids is 2. The molecular weight excluding hydrogens is 336 g/mol. The SMILES string of the molecule is O=C1NC(S)S/C1=C1/C(=O)Nc2ccc(Br)cc21. The van der Waals surface area contributed by atoms with Gasteiger partial charge in [0.15, 0.2) is 0 Å². The third-order valence-corrected chi connectivity index (χ3v) is 4.55. The van der Waals surface area contributed by atoms with Crippen LogP contribution in [0.1, 0.15) is 5.56 Å². The fraction of sp³-hybridized carbons (Fsp3) is 0.0909. The summed E-state index contributed by atoms with van der Waals surface area (Å²) in [7, 11) is 0. The van der Waals surface area contributed by atoms with Crippen LogP contribution in [0.15, 0.2) is 27.6 Å². The van der Waals surface area contributed by atoms with E-state index in [9.17, 15) is 9.59 Å². The van der Waals surface area contributed by atoms with Gasteiger partial charge in [-0.1, -0.05) is 27.7 Å². The number of halogens is 1. The molecule has 0 spiro atoms. The molecule has 0 aromatic heterocycles. The van der Waals surface area contributed by atoms with Gasteiger partial charge in [0.1, 0.15) is 4.71 Å². The Morgan fingerprint density at radius 2 is 2.06 bits per heavy atom. The minimum absolute atomic E-state index is 0.247. The lowest BCUT2D eigenvalue weighted by Gasteiger charge is -2.01. The van der Waals surface area contributed by atoms with Gasteiger partial charge >= 0.3 is 0 Å². The number of rotatable bonds is 0. The average molecular weight is 343 g/mol. The number of anilines is 1. The molecule has 1 atom stereocenters. The molecule has 2 N–H and O–H groups in total. The van der Waals surface area contributed by atoms with Gasteiger partial charge < -0.3 is 10.6 Å². The van der Waals surface area contributed by atoms with Crippen molar-refractivity contribution in [2.75, 3.05) is 5.32 Å². The molecule has 92 valence electrons. The molecule has 0 radical (unpaired) electrons. The first kappa shape index (κ1) is 12.1. The van der Waals surface area contributed by atoms with Crippen molar-refractivity contribution in [1.82, 2.24) is 5.32 Å². The molecule has 1 saturated heterocycles. The van der Waals surface area contributed by atoms with Crippen LogP contribution in [0.2, 0.25) is 0 Å². The number of amides is 2. The number of carbonyl (C=O) groups is 2. The van der Waals surface area contributed by atoms with Crippen molar-refractivity contribution in [3.05, 3.63) is 33.1 Å². The Hall–Kier alpha value is -0.920. The van der Waals surface area contributed by atoms with E-state index in [-0.39, 0.29) is 16.5 Å². The average Bonchev–Trinajstić information content (AvgIpc) is 2.77. The first-order valence-corrected chi connectivity index (χ1v) is 7.26. The van der Waals surface area contributed by atoms with Gasteiger partial charge in [0, 0.05) is 15.7 Å². The maximum Gasteiger partial charge on any atom is 0.260 e. The zero-order valence-corrected chi connectivity index (χ0v) is 12.2. The summed E-state index contributed by atoms with van der Waals surface area (Å²) in [6.07, 6.45) is 0. The highest BCUT2D eigenvalue weighted by atomic mass is 79.9. The van der Waals surface area contributed by atoms with Crippen molar-refractivity contribution >= 4 is 63.4 Å². The second-order valence-electron chi connectivity index (χ2n) is 3.79. The highest BCUT2D eigenvalue weighted by Crippen LogP contribution is 2.42. The number of fused-ring (bicyclic) bond motifs is 1. The smallest absolute Gasteiger partial charge is 0.260 e. The van der Waals surface area contributed by atoms with Crippen LogP contribution in [0.4, 0.5) is 5.69 Å². The number of nitrogens with one attached hydrogen (secondary N) is 2. The highest BCUT2D eigenvalue weighted by molar-refractivity contribution is 9.10. The van der Waals surface area contributed by atoms with Gasteiger partial charge in [0.05, 0.1) is 10.5 Å². The van der Waals surface area contributed by atoms with E-state index in [0.717, 1.165) is 15.7 Å². The minimum atomic E-state index is -0.302. The minimum Gasteiger partial charge on any atom is -0.331 e. The molecule has 2 heterocycles. The fourth-order valence-corrected chi connectivity index (χ4v) is 3.58. The van der Waals surface area contributed by atoms with Gasteiger partial charge in [0.25, 0.3) is 11.8 Å². The summed E-state index contributed by atoms with van der Waals surface area (Å²) >= 11 is 8.79. The van der Waals surface area contributed by atoms with Crippen LogP contribution in [-0.2, 0) is 9.59 Å². The second kappa shape index (κ2) is 4.32. The van der Waals surface area contributed by atoms with Crippen molar-refractivity contribution in [3.8, 4) is 0 Å². The zero-order chi connectivity index (χ0) is 12.9. The van der Waals surface area contributed by atoms with E-state index in [1.807, 2.05) is 12.1 Å². The molecule has 0 saturated carbocycles. The van der Waals surface area contributed by atoms with E-state index in [0.29, 0.717) is 10.5 Å². The van der Waals surface area contributed by atoms with Gasteiger partial charge in [0.2, 0.25) is 0 Å². The summed E-state index contributed by atoms with van der Waals surface area (Å²) in [5, 5.41) is 5.40. The molecule has 1 aromatic carbocycles. The molecule has 18 heavy (non-hydrogen) atoms. The number of hydrogen-bond acceptors (Lipinski definition) is 4. The van der Waals surface area contributed by atoms with Crippen LogP contribution in [0.5, 0.6) is 0 Å². The monoisotopic (exact) mass is 342 g/mol. The molecule has 7 heteroatoms. The number of benzene rings is 1. The Bertz CT molecular complexity index is 615. The summed E-state index contributed by atoms with van der Waals surface area (Å²) in [5.74, 6) is -0.499. The second-order valence-corrected chi connectivity index (χ2v) is 6.69. The number of hydrogen-bond donors (Lipinski definition) is 3. The topological polar surface area (TPSA) is 58.2 Å². The fourth-order valence-electron chi connectivity index (χ4n) is 1.91. The molecule has 1 unspecified atom stereocenters. The first-order valence-electron chi connectivity index (χ1n) is 5.07. The van der Waals surface area contributed by atoms with E-state index in [4.69, 9.17) is 0 Å². The van der Waals surface area contributed by atoms with Crippen molar-refractivity contribution in [3.63, 3.8) is 0 Å². The first-order chi connectivity index (χ1) is 8.56. The van der Waals surface area contributed by atoms with Crippen LogP contribution >= 0.6 is 40.3 Å². The van der Waals surface area contributed by atoms with Crippen LogP contribution in [-0.4, -0.2) is 16.5 Å². The van der Waals surface area contributed by atoms with Gasteiger partial charge in [-0.05, 0) is 18.2 Å². The highest BCUT2D eigenvalue weighted by Gasteiger charge is 2.35. The summed E-state index contributed by atoms with van der Waals surface area (Å²) in [6, 6.07) is 5.48. The molecule has 2 aliphatic heterocycles. The summed E-state index contributed by atoms with van der Waals surface area (Å²) in [5.41, 5.74) is 1.89. The molecule has 2 amide bonds. The molecule has 0 aliphatic carbocycles. The standard InChI is InChI=1S/C11H7BrN2O2S2/c12-4-1-2-6-5(3-4)7(9(15)13-6)8-10(16)14-11(17)18-8/h1-3,11,17H,(H,13,15)(H,14,16)/b8-7+. The molecule has 3 rings (SSSR count). The molecule has 2 aliphatic rings. The summed E-state index contributed by atoms with van der Waals surface area (Å²) in [6.45, 7) is 0. The van der Waals surface area contributed by atoms with Crippen molar-refractivity contribution in [1.29, 1.82) is 0 Å². The van der Waals surface area contributed by atoms with Crippen LogP contribution in [0.25, 0.3) is 5.57 Å². The zero-order valence-electron chi connectivity index (χ0n) is 8.86. The maximum atomic E-state index is 12.0. The Labute approximate surface area is 121 Å². The van der Waals surface area contributed by atoms with Gasteiger partial charge in [-0.3, -0.25) is 9.59 Å². The molecule has 1 aromatic rings. The summed E-state index contributed by atoms with van der Waals surface area (Å²) in [4.78, 5) is 24.2. The van der Waals surface area contributed by atoms with E-state index in [2.05, 4.69) is 39.2 Å². The Balaban J connectivity index is 2.20. The van der Waals surface area contributed by atoms with Gasteiger partial charge in [-0.15, -0.1) is 12.6 Å². The Morgan fingerprint density at radius 1 is 1.28 bits per heavy atom. The van der Waals surface area contributed by atoms with Crippen molar-refractivity contribution in [2.24, 2.45) is 0 Å². The summed E-state index contributed by atoms with van der Waals surface area (Å²) < 4.78 is 0.561. The van der Waals surface area contributed by atoms with Gasteiger partial charge in [-0.2, -0.15) is 0 Å². The van der Waals surface area contributed by atoms with Crippen molar-refractivity contribution in [2.45, 2.75) is 4.71 Å². The van der Waals surface area contributed by atoms with E-state index in [1.165, 1.54) is 11.8 Å². The maximum absolute atomic E-state index is 12.0. The third-order valence-electron chi connectivity index (χ3n) is 2.64. The van der Waals surface area contributed by atoms with E-state index < -0.39 is 0 Å². The Morgan fingerprint density at radius 3 is 2.72 bits per heavy atom. The number of thiol groups is 1. The predicted molar refractivity (Wildman–Crippen MR) is 78.2 cm³/mol. The van der Waals surface area contributed by atoms with E-state index in [1.54, 1.807) is 6.07 Å². The molecule has 0 bridgehead atoms. The van der Waals surface area contributed by atoms with Crippen LogP contribution in [0.3, 0.4) is 0 Å². The van der Waals surface area contributed by atoms with E-state index >= 15 is 0 Å². The predicted octanol–water partition coefficient (Wildman–Crippen LogP) is 2.19. The lowest BCUT2D eigenvalue weighted by Crippen LogP contribution is -2.20. The van der Waals surface area contributed by atoms with Crippen molar-refractivity contribution < 1.29 is 9.59 Å². The Kier molecular flexibility index (Phi) is 2.91. The third kappa shape index (κ3) is 1.86. The van der Waals surface area contributed by atoms with Gasteiger partial charge in [-0.25, -0.2) is 0 Å². The van der Waals surface area contributed by atoms with Crippen LogP contribution in [0, 0.1) is 0 Å². The van der Waals surface area contributed by atoms with Crippen LogP contribution < -0.4 is 10.6 Å². The largest absolute Gasteiger partial charge is 0.331 e. The molecule has 1 fully saturated rings. The molecule has 4 nitrogen and oxygen atoms in total. The normalized spacial score (nSPS) is 26.0. The quantitative estimate of drug-likeness (QED) is 0.500. The number of thioether (sulfide) groups is 1. The lowest BCUT2D eigenvalue weighted by molar-refractivity contribution is -0.116.